The van der Waals surface area contributed by atoms with E-state index in [2.05, 4.69) is 29.1 Å². The first-order valence-electron chi connectivity index (χ1n) is 5.93. The summed E-state index contributed by atoms with van der Waals surface area (Å²) in [7, 11) is 0. The van der Waals surface area contributed by atoms with Gasteiger partial charge < -0.3 is 4.52 Å². The molecule has 0 saturated heterocycles. The first-order chi connectivity index (χ1) is 8.14. The SMILES string of the molecule is CC1(C)CCc2onc(Cn3cncn3)c2C1. The lowest BCUT2D eigenvalue weighted by Crippen LogP contribution is -2.22. The minimum Gasteiger partial charge on any atom is -0.361 e. The Kier molecular flexibility index (Phi) is 2.28. The molecular weight excluding hydrogens is 216 g/mol. The van der Waals surface area contributed by atoms with Crippen LogP contribution in [0, 0.1) is 5.41 Å². The number of aromatic nitrogens is 4. The molecule has 5 heteroatoms. The predicted molar refractivity (Wildman–Crippen MR) is 61.4 cm³/mol. The average Bonchev–Trinajstić information content (AvgIpc) is 2.88. The predicted octanol–water partition coefficient (Wildman–Crippen LogP) is 1.83. The molecule has 0 radical (unpaired) electrons. The van der Waals surface area contributed by atoms with Crippen molar-refractivity contribution in [2.24, 2.45) is 5.41 Å². The average molecular weight is 232 g/mol. The molecule has 0 aliphatic heterocycles. The summed E-state index contributed by atoms with van der Waals surface area (Å²) < 4.78 is 7.20. The van der Waals surface area contributed by atoms with E-state index in [-0.39, 0.29) is 0 Å². The maximum Gasteiger partial charge on any atom is 0.140 e. The second-order valence-electron chi connectivity index (χ2n) is 5.47. The van der Waals surface area contributed by atoms with Gasteiger partial charge in [0.25, 0.3) is 0 Å². The molecule has 0 saturated carbocycles. The number of aryl methyl sites for hydroxylation is 1. The summed E-state index contributed by atoms with van der Waals surface area (Å²) in [5.74, 6) is 1.06. The van der Waals surface area contributed by atoms with E-state index in [1.165, 1.54) is 11.9 Å². The summed E-state index contributed by atoms with van der Waals surface area (Å²) in [6.07, 6.45) is 6.44. The second-order valence-corrected chi connectivity index (χ2v) is 5.47. The Bertz CT molecular complexity index is 513. The van der Waals surface area contributed by atoms with Crippen molar-refractivity contribution in [2.75, 3.05) is 0 Å². The highest BCUT2D eigenvalue weighted by Crippen LogP contribution is 2.36. The quantitative estimate of drug-likeness (QED) is 0.792. The van der Waals surface area contributed by atoms with Crippen LogP contribution < -0.4 is 0 Å². The molecule has 0 atom stereocenters. The monoisotopic (exact) mass is 232 g/mol. The first kappa shape index (κ1) is 10.5. The molecule has 0 N–H and O–H groups in total. The highest BCUT2D eigenvalue weighted by Gasteiger charge is 2.30. The number of hydrogen-bond donors (Lipinski definition) is 0. The molecule has 2 heterocycles. The van der Waals surface area contributed by atoms with E-state index in [9.17, 15) is 0 Å². The van der Waals surface area contributed by atoms with E-state index in [1.807, 2.05) is 0 Å². The van der Waals surface area contributed by atoms with Crippen LogP contribution in [0.5, 0.6) is 0 Å². The van der Waals surface area contributed by atoms with Gasteiger partial charge in [-0.25, -0.2) is 9.67 Å². The standard InChI is InChI=1S/C12H16N4O/c1-12(2)4-3-11-9(5-12)10(15-17-11)6-16-8-13-7-14-16/h7-8H,3-6H2,1-2H3. The highest BCUT2D eigenvalue weighted by atomic mass is 16.5. The lowest BCUT2D eigenvalue weighted by Gasteiger charge is -2.28. The first-order valence-corrected chi connectivity index (χ1v) is 5.93. The molecule has 0 aromatic carbocycles. The normalized spacial score (nSPS) is 18.0. The second kappa shape index (κ2) is 3.68. The summed E-state index contributed by atoms with van der Waals surface area (Å²) >= 11 is 0. The Hall–Kier alpha value is -1.65. The molecule has 2 aromatic rings. The van der Waals surface area contributed by atoms with Crippen LogP contribution in [0.4, 0.5) is 0 Å². The van der Waals surface area contributed by atoms with Gasteiger partial charge in [0.2, 0.25) is 0 Å². The van der Waals surface area contributed by atoms with Crippen molar-refractivity contribution in [1.29, 1.82) is 0 Å². The molecule has 2 aromatic heterocycles. The number of rotatable bonds is 2. The van der Waals surface area contributed by atoms with E-state index in [1.54, 1.807) is 11.0 Å². The molecule has 3 rings (SSSR count). The van der Waals surface area contributed by atoms with Crippen molar-refractivity contribution >= 4 is 0 Å². The fourth-order valence-corrected chi connectivity index (χ4v) is 2.39. The third-order valence-corrected chi connectivity index (χ3v) is 3.41. The molecular formula is C12H16N4O. The summed E-state index contributed by atoms with van der Waals surface area (Å²) in [5, 5.41) is 8.27. The van der Waals surface area contributed by atoms with Gasteiger partial charge in [-0.2, -0.15) is 5.10 Å². The Balaban J connectivity index is 1.90. The Morgan fingerprint density at radius 2 is 2.35 bits per heavy atom. The number of fused-ring (bicyclic) bond motifs is 1. The smallest absolute Gasteiger partial charge is 0.140 e. The van der Waals surface area contributed by atoms with Crippen LogP contribution in [0.15, 0.2) is 17.2 Å². The molecule has 0 spiro atoms. The Morgan fingerprint density at radius 1 is 1.47 bits per heavy atom. The van der Waals surface area contributed by atoms with Crippen LogP contribution in [-0.4, -0.2) is 19.9 Å². The van der Waals surface area contributed by atoms with Crippen LogP contribution in [0.2, 0.25) is 0 Å². The van der Waals surface area contributed by atoms with E-state index in [4.69, 9.17) is 4.52 Å². The summed E-state index contributed by atoms with van der Waals surface area (Å²) in [4.78, 5) is 3.94. The van der Waals surface area contributed by atoms with Gasteiger partial charge in [0, 0.05) is 12.0 Å². The van der Waals surface area contributed by atoms with Gasteiger partial charge in [0.15, 0.2) is 0 Å². The molecule has 1 aliphatic carbocycles. The van der Waals surface area contributed by atoms with Gasteiger partial charge in [-0.3, -0.25) is 0 Å². The van der Waals surface area contributed by atoms with Crippen molar-refractivity contribution in [1.82, 2.24) is 19.9 Å². The topological polar surface area (TPSA) is 56.7 Å². The molecule has 0 amide bonds. The minimum absolute atomic E-state index is 0.343. The number of hydrogen-bond acceptors (Lipinski definition) is 4. The Morgan fingerprint density at radius 3 is 3.12 bits per heavy atom. The minimum atomic E-state index is 0.343. The van der Waals surface area contributed by atoms with Crippen LogP contribution >= 0.6 is 0 Å². The fraction of sp³-hybridized carbons (Fsp3) is 0.583. The summed E-state index contributed by atoms with van der Waals surface area (Å²) in [6, 6.07) is 0. The van der Waals surface area contributed by atoms with E-state index in [0.29, 0.717) is 12.0 Å². The van der Waals surface area contributed by atoms with Gasteiger partial charge in [-0.1, -0.05) is 19.0 Å². The Labute approximate surface area is 99.8 Å². The van der Waals surface area contributed by atoms with Crippen LogP contribution in [-0.2, 0) is 19.4 Å². The summed E-state index contributed by atoms with van der Waals surface area (Å²) in [5.41, 5.74) is 2.62. The third kappa shape index (κ3) is 1.97. The molecule has 1 aliphatic rings. The van der Waals surface area contributed by atoms with Crippen molar-refractivity contribution in [2.45, 2.75) is 39.7 Å². The maximum absolute atomic E-state index is 5.42. The van der Waals surface area contributed by atoms with Crippen LogP contribution in [0.25, 0.3) is 0 Å². The summed E-state index contributed by atoms with van der Waals surface area (Å²) in [6.45, 7) is 5.24. The van der Waals surface area contributed by atoms with Gasteiger partial charge in [-0.05, 0) is 18.3 Å². The zero-order chi connectivity index (χ0) is 11.9. The molecule has 0 unspecified atom stereocenters. The zero-order valence-electron chi connectivity index (χ0n) is 10.2. The molecule has 90 valence electrons. The largest absolute Gasteiger partial charge is 0.361 e. The van der Waals surface area contributed by atoms with Crippen molar-refractivity contribution < 1.29 is 4.52 Å². The van der Waals surface area contributed by atoms with E-state index >= 15 is 0 Å². The highest BCUT2D eigenvalue weighted by molar-refractivity contribution is 5.27. The molecule has 0 fully saturated rings. The van der Waals surface area contributed by atoms with Gasteiger partial charge in [-0.15, -0.1) is 0 Å². The van der Waals surface area contributed by atoms with Crippen molar-refractivity contribution in [3.05, 3.63) is 29.7 Å². The van der Waals surface area contributed by atoms with E-state index in [0.717, 1.165) is 30.7 Å². The van der Waals surface area contributed by atoms with Gasteiger partial charge in [0.1, 0.15) is 24.1 Å². The van der Waals surface area contributed by atoms with Crippen molar-refractivity contribution in [3.63, 3.8) is 0 Å². The lowest BCUT2D eigenvalue weighted by molar-refractivity contribution is 0.282. The van der Waals surface area contributed by atoms with E-state index < -0.39 is 0 Å². The van der Waals surface area contributed by atoms with Gasteiger partial charge >= 0.3 is 0 Å². The van der Waals surface area contributed by atoms with Crippen LogP contribution in [0.1, 0.15) is 37.3 Å². The van der Waals surface area contributed by atoms with Crippen molar-refractivity contribution in [3.8, 4) is 0 Å². The number of nitrogens with zero attached hydrogens (tertiary/aromatic N) is 4. The fourth-order valence-electron chi connectivity index (χ4n) is 2.39. The molecule has 17 heavy (non-hydrogen) atoms. The maximum atomic E-state index is 5.42. The zero-order valence-corrected chi connectivity index (χ0v) is 10.2. The van der Waals surface area contributed by atoms with Crippen LogP contribution in [0.3, 0.4) is 0 Å². The molecule has 5 nitrogen and oxygen atoms in total. The molecule has 0 bridgehead atoms. The third-order valence-electron chi connectivity index (χ3n) is 3.41. The lowest BCUT2D eigenvalue weighted by atomic mass is 9.76. The van der Waals surface area contributed by atoms with Gasteiger partial charge in [0.05, 0.1) is 6.54 Å².